The number of amides is 1. The zero-order valence-electron chi connectivity index (χ0n) is 12.8. The molecular weight excluding hydrogens is 328 g/mol. The van der Waals surface area contributed by atoms with Gasteiger partial charge < -0.3 is 10.2 Å². The molecule has 120 valence electrons. The van der Waals surface area contributed by atoms with Gasteiger partial charge in [-0.15, -0.1) is 11.8 Å². The Bertz CT molecular complexity index is 692. The number of thioether (sulfide) groups is 1. The van der Waals surface area contributed by atoms with Gasteiger partial charge in [-0.05, 0) is 36.8 Å². The lowest BCUT2D eigenvalue weighted by molar-refractivity contribution is -0.116. The molecule has 2 aromatic carbocycles. The van der Waals surface area contributed by atoms with Crippen LogP contribution in [0, 0.1) is 0 Å². The van der Waals surface area contributed by atoms with Gasteiger partial charge in [0.05, 0.1) is 5.69 Å². The van der Waals surface area contributed by atoms with Crippen molar-refractivity contribution in [3.05, 3.63) is 53.6 Å². The number of rotatable bonds is 5. The maximum atomic E-state index is 12.0. The maximum Gasteiger partial charge on any atom is 0.224 e. The van der Waals surface area contributed by atoms with E-state index in [1.807, 2.05) is 23.9 Å². The number of hydrogen-bond donors (Lipinski definition) is 1. The number of carbonyl (C=O) groups excluding carboxylic acids is 1. The molecule has 1 heterocycles. The molecule has 0 aliphatic carbocycles. The van der Waals surface area contributed by atoms with Crippen LogP contribution in [0.25, 0.3) is 0 Å². The van der Waals surface area contributed by atoms with Gasteiger partial charge in [-0.25, -0.2) is 0 Å². The minimum absolute atomic E-state index is 0.0342. The van der Waals surface area contributed by atoms with E-state index in [1.165, 1.54) is 10.6 Å². The highest BCUT2D eigenvalue weighted by molar-refractivity contribution is 7.99. The lowest BCUT2D eigenvalue weighted by atomic mass is 10.2. The van der Waals surface area contributed by atoms with Gasteiger partial charge >= 0.3 is 0 Å². The fourth-order valence-electron chi connectivity index (χ4n) is 2.68. The minimum Gasteiger partial charge on any atom is -0.370 e. The van der Waals surface area contributed by atoms with Crippen molar-refractivity contribution in [1.82, 2.24) is 0 Å². The number of carbonyl (C=O) groups is 1. The van der Waals surface area contributed by atoms with Crippen molar-refractivity contribution in [1.29, 1.82) is 0 Å². The summed E-state index contributed by atoms with van der Waals surface area (Å²) in [5.74, 6) is 1.14. The lowest BCUT2D eigenvalue weighted by Crippen LogP contribution is -2.30. The van der Waals surface area contributed by atoms with Crippen LogP contribution in [0.3, 0.4) is 0 Å². The normalized spacial score (nSPS) is 13.5. The number of anilines is 2. The van der Waals surface area contributed by atoms with Crippen molar-refractivity contribution in [2.45, 2.75) is 17.7 Å². The van der Waals surface area contributed by atoms with Crippen molar-refractivity contribution < 1.29 is 4.79 Å². The molecule has 0 spiro atoms. The summed E-state index contributed by atoms with van der Waals surface area (Å²) < 4.78 is 0. The third kappa shape index (κ3) is 4.43. The molecule has 1 aliphatic heterocycles. The Balaban J connectivity index is 1.49. The largest absolute Gasteiger partial charge is 0.370 e. The van der Waals surface area contributed by atoms with Crippen LogP contribution >= 0.6 is 23.4 Å². The molecule has 1 amide bonds. The van der Waals surface area contributed by atoms with Crippen LogP contribution in [0.5, 0.6) is 0 Å². The first-order chi connectivity index (χ1) is 11.2. The summed E-state index contributed by atoms with van der Waals surface area (Å²) in [6.45, 7) is 1.94. The highest BCUT2D eigenvalue weighted by Gasteiger charge is 2.16. The zero-order chi connectivity index (χ0) is 16.1. The molecule has 0 fully saturated rings. The van der Waals surface area contributed by atoms with Gasteiger partial charge in [-0.2, -0.15) is 0 Å². The smallest absolute Gasteiger partial charge is 0.224 e. The van der Waals surface area contributed by atoms with E-state index in [0.717, 1.165) is 31.0 Å². The molecule has 5 heteroatoms. The number of hydrogen-bond acceptors (Lipinski definition) is 3. The van der Waals surface area contributed by atoms with Gasteiger partial charge in [0.25, 0.3) is 0 Å². The Morgan fingerprint density at radius 3 is 2.96 bits per heavy atom. The average Bonchev–Trinajstić information content (AvgIpc) is 2.55. The van der Waals surface area contributed by atoms with Crippen LogP contribution in [0.15, 0.2) is 53.4 Å². The second kappa shape index (κ2) is 7.75. The molecule has 0 atom stereocenters. The van der Waals surface area contributed by atoms with Crippen molar-refractivity contribution in [2.75, 3.05) is 29.1 Å². The summed E-state index contributed by atoms with van der Waals surface area (Å²) in [6.07, 6.45) is 1.35. The lowest BCUT2D eigenvalue weighted by Gasteiger charge is -2.30. The van der Waals surface area contributed by atoms with Crippen molar-refractivity contribution >= 4 is 40.6 Å². The van der Waals surface area contributed by atoms with E-state index in [9.17, 15) is 4.79 Å². The van der Waals surface area contributed by atoms with E-state index >= 15 is 0 Å². The minimum atomic E-state index is 0.0342. The molecule has 2 aromatic rings. The van der Waals surface area contributed by atoms with E-state index in [-0.39, 0.29) is 5.91 Å². The van der Waals surface area contributed by atoms with Crippen molar-refractivity contribution in [3.8, 4) is 0 Å². The average molecular weight is 347 g/mol. The molecule has 23 heavy (non-hydrogen) atoms. The van der Waals surface area contributed by atoms with Gasteiger partial charge in [0, 0.05) is 40.9 Å². The number of fused-ring (bicyclic) bond motifs is 1. The molecule has 1 aliphatic rings. The summed E-state index contributed by atoms with van der Waals surface area (Å²) in [5, 5.41) is 3.52. The molecule has 0 saturated carbocycles. The molecule has 0 aromatic heterocycles. The second-order valence-corrected chi connectivity index (χ2v) is 7.04. The van der Waals surface area contributed by atoms with Gasteiger partial charge in [0.2, 0.25) is 5.91 Å². The van der Waals surface area contributed by atoms with Crippen LogP contribution in [0.1, 0.15) is 12.8 Å². The molecule has 0 radical (unpaired) electrons. The number of halogens is 1. The summed E-state index contributed by atoms with van der Waals surface area (Å²) in [4.78, 5) is 15.7. The van der Waals surface area contributed by atoms with Crippen molar-refractivity contribution in [2.24, 2.45) is 0 Å². The highest BCUT2D eigenvalue weighted by Crippen LogP contribution is 2.34. The van der Waals surface area contributed by atoms with Gasteiger partial charge in [0.1, 0.15) is 0 Å². The van der Waals surface area contributed by atoms with Gasteiger partial charge in [-0.3, -0.25) is 4.79 Å². The predicted octanol–water partition coefficient (Wildman–Crippen LogP) is 4.67. The standard InChI is InChI=1S/C18H19ClN2OS/c19-14-5-3-6-15(13-14)20-18(22)9-4-10-21-11-12-23-17-8-2-1-7-16(17)21/h1-3,5-8,13H,4,9-12H2,(H,20,22). The number of benzene rings is 2. The summed E-state index contributed by atoms with van der Waals surface area (Å²) in [5.41, 5.74) is 2.04. The SMILES string of the molecule is O=C(CCCN1CCSc2ccccc21)Nc1cccc(Cl)c1. The second-order valence-electron chi connectivity index (χ2n) is 5.47. The van der Waals surface area contributed by atoms with E-state index in [0.29, 0.717) is 11.4 Å². The molecule has 3 rings (SSSR count). The molecular formula is C18H19ClN2OS. The Kier molecular flexibility index (Phi) is 5.47. The third-order valence-corrected chi connectivity index (χ3v) is 5.04. The van der Waals surface area contributed by atoms with E-state index in [2.05, 4.69) is 34.5 Å². The van der Waals surface area contributed by atoms with Crippen LogP contribution in [-0.4, -0.2) is 24.7 Å². The molecule has 3 nitrogen and oxygen atoms in total. The van der Waals surface area contributed by atoms with Crippen LogP contribution < -0.4 is 10.2 Å². The Morgan fingerprint density at radius 1 is 1.22 bits per heavy atom. The molecule has 0 unspecified atom stereocenters. The maximum absolute atomic E-state index is 12.0. The monoisotopic (exact) mass is 346 g/mol. The molecule has 0 bridgehead atoms. The zero-order valence-corrected chi connectivity index (χ0v) is 14.4. The third-order valence-electron chi connectivity index (χ3n) is 3.76. The van der Waals surface area contributed by atoms with E-state index in [4.69, 9.17) is 11.6 Å². The Morgan fingerprint density at radius 2 is 2.09 bits per heavy atom. The summed E-state index contributed by atoms with van der Waals surface area (Å²) in [6, 6.07) is 15.7. The first-order valence-electron chi connectivity index (χ1n) is 7.74. The Labute approximate surface area is 146 Å². The van der Waals surface area contributed by atoms with Crippen LogP contribution in [0.2, 0.25) is 5.02 Å². The van der Waals surface area contributed by atoms with Gasteiger partial charge in [-0.1, -0.05) is 29.8 Å². The number of para-hydroxylation sites is 1. The fourth-order valence-corrected chi connectivity index (χ4v) is 3.92. The van der Waals surface area contributed by atoms with E-state index in [1.54, 1.807) is 12.1 Å². The van der Waals surface area contributed by atoms with Crippen LogP contribution in [-0.2, 0) is 4.79 Å². The Hall–Kier alpha value is -1.65. The quantitative estimate of drug-likeness (QED) is 0.853. The first kappa shape index (κ1) is 16.2. The topological polar surface area (TPSA) is 32.3 Å². The molecule has 0 saturated heterocycles. The van der Waals surface area contributed by atoms with Crippen LogP contribution in [0.4, 0.5) is 11.4 Å². The highest BCUT2D eigenvalue weighted by atomic mass is 35.5. The number of nitrogens with zero attached hydrogens (tertiary/aromatic N) is 1. The summed E-state index contributed by atoms with van der Waals surface area (Å²) >= 11 is 7.82. The summed E-state index contributed by atoms with van der Waals surface area (Å²) in [7, 11) is 0. The van der Waals surface area contributed by atoms with Crippen molar-refractivity contribution in [3.63, 3.8) is 0 Å². The first-order valence-corrected chi connectivity index (χ1v) is 9.11. The fraction of sp³-hybridized carbons (Fsp3) is 0.278. The molecule has 1 N–H and O–H groups in total. The number of nitrogens with one attached hydrogen (secondary N) is 1. The predicted molar refractivity (Wildman–Crippen MR) is 98.7 cm³/mol. The van der Waals surface area contributed by atoms with Gasteiger partial charge in [0.15, 0.2) is 0 Å². The van der Waals surface area contributed by atoms with E-state index < -0.39 is 0 Å².